The van der Waals surface area contributed by atoms with E-state index in [1.54, 1.807) is 12.3 Å². The lowest BCUT2D eigenvalue weighted by Gasteiger charge is -2.08. The fourth-order valence-corrected chi connectivity index (χ4v) is 2.06. The summed E-state index contributed by atoms with van der Waals surface area (Å²) in [6.45, 7) is 0.578. The molecule has 1 heterocycles. The molecule has 100 valence electrons. The number of aromatic nitrogens is 1. The molecule has 3 nitrogen and oxygen atoms in total. The smallest absolute Gasteiger partial charge is 0.166 e. The van der Waals surface area contributed by atoms with Crippen LogP contribution in [0, 0.1) is 5.82 Å². The van der Waals surface area contributed by atoms with Crippen molar-refractivity contribution in [3.8, 4) is 5.75 Å². The second-order valence-corrected chi connectivity index (χ2v) is 4.55. The summed E-state index contributed by atoms with van der Waals surface area (Å²) in [6, 6.07) is 14.1. The maximum absolute atomic E-state index is 13.2. The number of hydrogen-bond acceptors (Lipinski definition) is 3. The molecule has 0 aliphatic carbocycles. The molecule has 2 N–H and O–H groups in total. The predicted molar refractivity (Wildman–Crippen MR) is 77.1 cm³/mol. The zero-order chi connectivity index (χ0) is 13.9. The fraction of sp³-hybridized carbons (Fsp3) is 0.0625. The third-order valence-corrected chi connectivity index (χ3v) is 3.11. The first kappa shape index (κ1) is 12.4. The number of pyridine rings is 1. The molecule has 0 amide bonds. The zero-order valence-electron chi connectivity index (χ0n) is 10.7. The SMILES string of the molecule is Oc1ccc(NCc2ccc3ncccc3c2)cc1F. The largest absolute Gasteiger partial charge is 0.505 e. The lowest BCUT2D eigenvalue weighted by Crippen LogP contribution is -1.99. The van der Waals surface area contributed by atoms with E-state index in [9.17, 15) is 4.39 Å². The second kappa shape index (κ2) is 5.17. The minimum absolute atomic E-state index is 0.340. The molecule has 3 rings (SSSR count). The van der Waals surface area contributed by atoms with Crippen molar-refractivity contribution in [2.45, 2.75) is 6.54 Å². The Morgan fingerprint density at radius 3 is 2.85 bits per heavy atom. The van der Waals surface area contributed by atoms with Crippen LogP contribution in [0.3, 0.4) is 0 Å². The normalized spacial score (nSPS) is 10.7. The Morgan fingerprint density at radius 2 is 2.00 bits per heavy atom. The van der Waals surface area contributed by atoms with Gasteiger partial charge in [0, 0.05) is 29.9 Å². The summed E-state index contributed by atoms with van der Waals surface area (Å²) in [5.74, 6) is -0.968. The topological polar surface area (TPSA) is 45.1 Å². The fourth-order valence-electron chi connectivity index (χ4n) is 2.06. The molecule has 0 fully saturated rings. The number of nitrogens with one attached hydrogen (secondary N) is 1. The molecule has 20 heavy (non-hydrogen) atoms. The van der Waals surface area contributed by atoms with Crippen molar-refractivity contribution in [1.82, 2.24) is 4.98 Å². The Bertz CT molecular complexity index is 758. The number of nitrogens with zero attached hydrogens (tertiary/aromatic N) is 1. The van der Waals surface area contributed by atoms with E-state index in [4.69, 9.17) is 5.11 Å². The van der Waals surface area contributed by atoms with Gasteiger partial charge in [-0.25, -0.2) is 4.39 Å². The molecular weight excluding hydrogens is 255 g/mol. The highest BCUT2D eigenvalue weighted by Crippen LogP contribution is 2.20. The highest BCUT2D eigenvalue weighted by atomic mass is 19.1. The summed E-state index contributed by atoms with van der Waals surface area (Å²) in [7, 11) is 0. The lowest BCUT2D eigenvalue weighted by atomic mass is 10.1. The first-order chi connectivity index (χ1) is 9.72. The van der Waals surface area contributed by atoms with Gasteiger partial charge in [0.2, 0.25) is 0 Å². The molecule has 4 heteroatoms. The van der Waals surface area contributed by atoms with Crippen molar-refractivity contribution in [1.29, 1.82) is 0 Å². The maximum atomic E-state index is 13.2. The highest BCUT2D eigenvalue weighted by Gasteiger charge is 2.02. The van der Waals surface area contributed by atoms with Gasteiger partial charge in [-0.2, -0.15) is 0 Å². The Hall–Kier alpha value is -2.62. The van der Waals surface area contributed by atoms with E-state index in [-0.39, 0.29) is 5.75 Å². The van der Waals surface area contributed by atoms with Crippen molar-refractivity contribution in [3.63, 3.8) is 0 Å². The molecule has 2 aromatic carbocycles. The molecule has 0 atom stereocenters. The number of fused-ring (bicyclic) bond motifs is 1. The molecule has 0 saturated heterocycles. The predicted octanol–water partition coefficient (Wildman–Crippen LogP) is 3.69. The zero-order valence-corrected chi connectivity index (χ0v) is 10.7. The first-order valence-electron chi connectivity index (χ1n) is 6.28. The average Bonchev–Trinajstić information content (AvgIpc) is 2.48. The quantitative estimate of drug-likeness (QED) is 0.712. The molecular formula is C16H13FN2O. The highest BCUT2D eigenvalue weighted by molar-refractivity contribution is 5.78. The molecule has 0 bridgehead atoms. The first-order valence-corrected chi connectivity index (χ1v) is 6.28. The van der Waals surface area contributed by atoms with Crippen molar-refractivity contribution >= 4 is 16.6 Å². The summed E-state index contributed by atoms with van der Waals surface area (Å²) < 4.78 is 13.2. The van der Waals surface area contributed by atoms with Crippen LogP contribution >= 0.6 is 0 Å². The number of halogens is 1. The van der Waals surface area contributed by atoms with Gasteiger partial charge in [-0.15, -0.1) is 0 Å². The summed E-state index contributed by atoms with van der Waals surface area (Å²) in [5.41, 5.74) is 2.66. The van der Waals surface area contributed by atoms with Gasteiger partial charge in [0.25, 0.3) is 0 Å². The number of benzene rings is 2. The Labute approximate surface area is 115 Å². The van der Waals surface area contributed by atoms with Gasteiger partial charge in [0.15, 0.2) is 11.6 Å². The summed E-state index contributed by atoms with van der Waals surface area (Å²) >= 11 is 0. The molecule has 0 spiro atoms. The van der Waals surface area contributed by atoms with Crippen LogP contribution in [0.25, 0.3) is 10.9 Å². The van der Waals surface area contributed by atoms with Crippen LogP contribution in [0.5, 0.6) is 5.75 Å². The summed E-state index contributed by atoms with van der Waals surface area (Å²) in [4.78, 5) is 4.26. The van der Waals surface area contributed by atoms with Crippen LogP contribution in [0.2, 0.25) is 0 Å². The Morgan fingerprint density at radius 1 is 1.10 bits per heavy atom. The number of rotatable bonds is 3. The number of phenols is 1. The Kier molecular flexibility index (Phi) is 3.21. The molecule has 0 aliphatic heterocycles. The molecule has 0 saturated carbocycles. The van der Waals surface area contributed by atoms with E-state index in [1.807, 2.05) is 30.3 Å². The van der Waals surface area contributed by atoms with Crippen LogP contribution in [0.1, 0.15) is 5.56 Å². The monoisotopic (exact) mass is 268 g/mol. The van der Waals surface area contributed by atoms with Crippen LogP contribution in [-0.2, 0) is 6.54 Å². The molecule has 0 unspecified atom stereocenters. The molecule has 3 aromatic rings. The minimum Gasteiger partial charge on any atom is -0.505 e. The van der Waals surface area contributed by atoms with E-state index >= 15 is 0 Å². The van der Waals surface area contributed by atoms with E-state index in [2.05, 4.69) is 10.3 Å². The van der Waals surface area contributed by atoms with Crippen molar-refractivity contribution in [3.05, 3.63) is 66.1 Å². The van der Waals surface area contributed by atoms with Crippen LogP contribution in [0.4, 0.5) is 10.1 Å². The van der Waals surface area contributed by atoms with E-state index in [0.29, 0.717) is 12.2 Å². The van der Waals surface area contributed by atoms with Crippen molar-refractivity contribution in [2.24, 2.45) is 0 Å². The molecule has 0 aliphatic rings. The number of phenolic OH excluding ortho intramolecular Hbond substituents is 1. The average molecular weight is 268 g/mol. The van der Waals surface area contributed by atoms with Gasteiger partial charge in [-0.1, -0.05) is 12.1 Å². The second-order valence-electron chi connectivity index (χ2n) is 4.55. The van der Waals surface area contributed by atoms with E-state index in [1.165, 1.54) is 12.1 Å². The number of aromatic hydroxyl groups is 1. The third-order valence-electron chi connectivity index (χ3n) is 3.11. The maximum Gasteiger partial charge on any atom is 0.166 e. The van der Waals surface area contributed by atoms with E-state index in [0.717, 1.165) is 16.5 Å². The number of anilines is 1. The van der Waals surface area contributed by atoms with Gasteiger partial charge in [-0.3, -0.25) is 4.98 Å². The van der Waals surface area contributed by atoms with Gasteiger partial charge in [0.1, 0.15) is 0 Å². The minimum atomic E-state index is -0.627. The van der Waals surface area contributed by atoms with Crippen molar-refractivity contribution < 1.29 is 9.50 Å². The summed E-state index contributed by atoms with van der Waals surface area (Å²) in [6.07, 6.45) is 1.76. The van der Waals surface area contributed by atoms with Crippen LogP contribution < -0.4 is 5.32 Å². The standard InChI is InChI=1S/C16H13FN2O/c17-14-9-13(4-6-16(14)20)19-10-11-3-5-15-12(8-11)2-1-7-18-15/h1-9,19-20H,10H2. The summed E-state index contributed by atoms with van der Waals surface area (Å²) in [5, 5.41) is 13.3. The van der Waals surface area contributed by atoms with Gasteiger partial charge in [0.05, 0.1) is 5.52 Å². The molecule has 0 radical (unpaired) electrons. The van der Waals surface area contributed by atoms with Gasteiger partial charge >= 0.3 is 0 Å². The lowest BCUT2D eigenvalue weighted by molar-refractivity contribution is 0.432. The van der Waals surface area contributed by atoms with Crippen LogP contribution in [0.15, 0.2) is 54.7 Å². The molecule has 1 aromatic heterocycles. The van der Waals surface area contributed by atoms with Gasteiger partial charge < -0.3 is 10.4 Å². The number of hydrogen-bond donors (Lipinski definition) is 2. The Balaban J connectivity index is 1.77. The van der Waals surface area contributed by atoms with Gasteiger partial charge in [-0.05, 0) is 35.9 Å². The van der Waals surface area contributed by atoms with E-state index < -0.39 is 5.82 Å². The third kappa shape index (κ3) is 2.54. The van der Waals surface area contributed by atoms with Crippen LogP contribution in [-0.4, -0.2) is 10.1 Å². The van der Waals surface area contributed by atoms with Crippen molar-refractivity contribution in [2.75, 3.05) is 5.32 Å².